The standard InChI is InChI=1S/C16H21F3N2O3/c1-21(11-14(22)20-9-5-8-15(23)24-2)10-12-6-3-4-7-13(12)16(17,18)19/h3-4,6-7H,5,8-11H2,1-2H3,(H,20,22). The van der Waals surface area contributed by atoms with Crippen LogP contribution in [0.5, 0.6) is 0 Å². The lowest BCUT2D eigenvalue weighted by molar-refractivity contribution is -0.141. The summed E-state index contributed by atoms with van der Waals surface area (Å²) in [7, 11) is 2.86. The average molecular weight is 346 g/mol. The van der Waals surface area contributed by atoms with Gasteiger partial charge < -0.3 is 10.1 Å². The van der Waals surface area contributed by atoms with Gasteiger partial charge in [-0.05, 0) is 25.1 Å². The smallest absolute Gasteiger partial charge is 0.416 e. The molecule has 0 bridgehead atoms. The number of hydrogen-bond acceptors (Lipinski definition) is 4. The number of likely N-dealkylation sites (N-methyl/N-ethyl adjacent to an activating group) is 1. The summed E-state index contributed by atoms with van der Waals surface area (Å²) in [5, 5.41) is 2.61. The lowest BCUT2D eigenvalue weighted by Gasteiger charge is -2.19. The minimum absolute atomic E-state index is 0.00522. The number of methoxy groups -OCH3 is 1. The van der Waals surface area contributed by atoms with Gasteiger partial charge in [-0.1, -0.05) is 18.2 Å². The zero-order valence-electron chi connectivity index (χ0n) is 13.7. The minimum atomic E-state index is -4.42. The fourth-order valence-electron chi connectivity index (χ4n) is 2.15. The van der Waals surface area contributed by atoms with E-state index in [9.17, 15) is 22.8 Å². The summed E-state index contributed by atoms with van der Waals surface area (Å²) >= 11 is 0. The first-order valence-electron chi connectivity index (χ1n) is 7.41. The summed E-state index contributed by atoms with van der Waals surface area (Å²) in [5.41, 5.74) is -0.582. The first-order valence-corrected chi connectivity index (χ1v) is 7.41. The first kappa shape index (κ1) is 20.0. The molecule has 0 spiro atoms. The van der Waals surface area contributed by atoms with E-state index >= 15 is 0 Å². The molecule has 1 N–H and O–H groups in total. The number of esters is 1. The van der Waals surface area contributed by atoms with E-state index in [1.165, 1.54) is 30.2 Å². The second kappa shape index (κ2) is 9.27. The van der Waals surface area contributed by atoms with E-state index in [1.807, 2.05) is 0 Å². The van der Waals surface area contributed by atoms with E-state index in [0.29, 0.717) is 13.0 Å². The average Bonchev–Trinajstić information content (AvgIpc) is 2.50. The number of halogens is 3. The van der Waals surface area contributed by atoms with E-state index in [-0.39, 0.29) is 37.0 Å². The summed E-state index contributed by atoms with van der Waals surface area (Å²) in [6, 6.07) is 5.29. The Morgan fingerprint density at radius 3 is 2.54 bits per heavy atom. The molecule has 1 aromatic rings. The predicted octanol–water partition coefficient (Wildman–Crippen LogP) is 2.21. The van der Waals surface area contributed by atoms with Gasteiger partial charge in [0.25, 0.3) is 0 Å². The zero-order valence-corrected chi connectivity index (χ0v) is 13.7. The van der Waals surface area contributed by atoms with Crippen molar-refractivity contribution >= 4 is 11.9 Å². The Balaban J connectivity index is 2.45. The van der Waals surface area contributed by atoms with Gasteiger partial charge in [0.15, 0.2) is 0 Å². The van der Waals surface area contributed by atoms with Crippen molar-refractivity contribution in [2.45, 2.75) is 25.6 Å². The molecule has 134 valence electrons. The molecule has 0 radical (unpaired) electrons. The van der Waals surface area contributed by atoms with Crippen molar-refractivity contribution in [3.63, 3.8) is 0 Å². The van der Waals surface area contributed by atoms with Crippen LogP contribution in [0.3, 0.4) is 0 Å². The lowest BCUT2D eigenvalue weighted by Crippen LogP contribution is -2.35. The van der Waals surface area contributed by atoms with Crippen molar-refractivity contribution in [1.82, 2.24) is 10.2 Å². The van der Waals surface area contributed by atoms with E-state index in [2.05, 4.69) is 10.1 Å². The molecule has 0 aromatic heterocycles. The van der Waals surface area contributed by atoms with Crippen LogP contribution in [0.25, 0.3) is 0 Å². The normalized spacial score (nSPS) is 11.4. The molecule has 0 aliphatic heterocycles. The van der Waals surface area contributed by atoms with Crippen LogP contribution in [0.1, 0.15) is 24.0 Å². The molecule has 0 heterocycles. The molecule has 0 aliphatic rings. The van der Waals surface area contributed by atoms with Gasteiger partial charge in [-0.2, -0.15) is 13.2 Å². The van der Waals surface area contributed by atoms with E-state index in [1.54, 1.807) is 7.05 Å². The van der Waals surface area contributed by atoms with Crippen molar-refractivity contribution in [1.29, 1.82) is 0 Å². The number of carbonyl (C=O) groups excluding carboxylic acids is 2. The zero-order chi connectivity index (χ0) is 18.2. The first-order chi connectivity index (χ1) is 11.2. The molecule has 1 amide bonds. The Hall–Kier alpha value is -2.09. The Morgan fingerprint density at radius 1 is 1.25 bits per heavy atom. The van der Waals surface area contributed by atoms with Gasteiger partial charge in [0.05, 0.1) is 19.2 Å². The number of hydrogen-bond donors (Lipinski definition) is 1. The topological polar surface area (TPSA) is 58.6 Å². The van der Waals surface area contributed by atoms with Crippen molar-refractivity contribution in [3.8, 4) is 0 Å². The van der Waals surface area contributed by atoms with Crippen LogP contribution in [0.15, 0.2) is 24.3 Å². The molecule has 0 unspecified atom stereocenters. The highest BCUT2D eigenvalue weighted by molar-refractivity contribution is 5.78. The molecule has 0 saturated carbocycles. The number of alkyl halides is 3. The summed E-state index contributed by atoms with van der Waals surface area (Å²) in [6.45, 7) is 0.274. The summed E-state index contributed by atoms with van der Waals surface area (Å²) in [5.74, 6) is -0.669. The number of benzene rings is 1. The van der Waals surface area contributed by atoms with Gasteiger partial charge >= 0.3 is 12.1 Å². The van der Waals surface area contributed by atoms with E-state index < -0.39 is 11.7 Å². The van der Waals surface area contributed by atoms with Crippen molar-refractivity contribution in [2.24, 2.45) is 0 Å². The highest BCUT2D eigenvalue weighted by atomic mass is 19.4. The maximum absolute atomic E-state index is 12.9. The molecule has 0 atom stereocenters. The van der Waals surface area contributed by atoms with E-state index in [0.717, 1.165) is 6.07 Å². The molecule has 0 fully saturated rings. The van der Waals surface area contributed by atoms with Crippen LogP contribution in [0.4, 0.5) is 13.2 Å². The summed E-state index contributed by atoms with van der Waals surface area (Å²) < 4.78 is 43.3. The van der Waals surface area contributed by atoms with Crippen LogP contribution in [0, 0.1) is 0 Å². The number of amides is 1. The largest absolute Gasteiger partial charge is 0.469 e. The Bertz CT molecular complexity index is 562. The van der Waals surface area contributed by atoms with E-state index in [4.69, 9.17) is 0 Å². The second-order valence-corrected chi connectivity index (χ2v) is 5.36. The maximum Gasteiger partial charge on any atom is 0.416 e. The molecule has 24 heavy (non-hydrogen) atoms. The third-order valence-electron chi connectivity index (χ3n) is 3.28. The van der Waals surface area contributed by atoms with Gasteiger partial charge in [-0.3, -0.25) is 14.5 Å². The van der Waals surface area contributed by atoms with Crippen LogP contribution in [-0.2, 0) is 27.0 Å². The van der Waals surface area contributed by atoms with Crippen molar-refractivity contribution < 1.29 is 27.5 Å². The van der Waals surface area contributed by atoms with Crippen molar-refractivity contribution in [2.75, 3.05) is 27.2 Å². The Kier molecular flexibility index (Phi) is 7.70. The SMILES string of the molecule is COC(=O)CCCNC(=O)CN(C)Cc1ccccc1C(F)(F)F. The molecule has 1 aromatic carbocycles. The van der Waals surface area contributed by atoms with Gasteiger partial charge in [-0.15, -0.1) is 0 Å². The highest BCUT2D eigenvalue weighted by Gasteiger charge is 2.33. The third kappa shape index (κ3) is 6.99. The highest BCUT2D eigenvalue weighted by Crippen LogP contribution is 2.32. The van der Waals surface area contributed by atoms with Crippen LogP contribution >= 0.6 is 0 Å². The fraction of sp³-hybridized carbons (Fsp3) is 0.500. The maximum atomic E-state index is 12.9. The van der Waals surface area contributed by atoms with Crippen LogP contribution in [-0.4, -0.2) is 44.0 Å². The Labute approximate surface area is 138 Å². The Morgan fingerprint density at radius 2 is 1.92 bits per heavy atom. The minimum Gasteiger partial charge on any atom is -0.469 e. The molecule has 0 saturated heterocycles. The predicted molar refractivity (Wildman–Crippen MR) is 82.0 cm³/mol. The van der Waals surface area contributed by atoms with Crippen LogP contribution in [0.2, 0.25) is 0 Å². The number of carbonyl (C=O) groups is 2. The van der Waals surface area contributed by atoms with Gasteiger partial charge in [-0.25, -0.2) is 0 Å². The molecular weight excluding hydrogens is 325 g/mol. The number of nitrogens with zero attached hydrogens (tertiary/aromatic N) is 1. The van der Waals surface area contributed by atoms with Gasteiger partial charge in [0, 0.05) is 19.5 Å². The number of nitrogens with one attached hydrogen (secondary N) is 1. The van der Waals surface area contributed by atoms with Gasteiger partial charge in [0.1, 0.15) is 0 Å². The fourth-order valence-corrected chi connectivity index (χ4v) is 2.15. The second-order valence-electron chi connectivity index (χ2n) is 5.36. The summed E-state index contributed by atoms with van der Waals surface area (Å²) in [6.07, 6.45) is -3.78. The number of ether oxygens (including phenoxy) is 1. The van der Waals surface area contributed by atoms with Gasteiger partial charge in [0.2, 0.25) is 5.91 Å². The molecule has 1 rings (SSSR count). The van der Waals surface area contributed by atoms with Crippen LogP contribution < -0.4 is 5.32 Å². The molecule has 5 nitrogen and oxygen atoms in total. The quantitative estimate of drug-likeness (QED) is 0.579. The monoisotopic (exact) mass is 346 g/mol. The lowest BCUT2D eigenvalue weighted by atomic mass is 10.1. The molecular formula is C16H21F3N2O3. The number of rotatable bonds is 8. The molecule has 8 heteroatoms. The summed E-state index contributed by atoms with van der Waals surface area (Å²) in [4.78, 5) is 24.2. The third-order valence-corrected chi connectivity index (χ3v) is 3.28. The van der Waals surface area contributed by atoms with Crippen molar-refractivity contribution in [3.05, 3.63) is 35.4 Å². The molecule has 0 aliphatic carbocycles.